The van der Waals surface area contributed by atoms with Gasteiger partial charge in [-0.05, 0) is 23.8 Å². The van der Waals surface area contributed by atoms with E-state index in [0.29, 0.717) is 5.56 Å². The smallest absolute Gasteiger partial charge is 0.270 e. The number of nitro groups is 1. The molecule has 2 aromatic rings. The van der Waals surface area contributed by atoms with E-state index in [1.807, 2.05) is 0 Å². The van der Waals surface area contributed by atoms with E-state index >= 15 is 0 Å². The Morgan fingerprint density at radius 2 is 2.00 bits per heavy atom. The number of benzene rings is 2. The van der Waals surface area contributed by atoms with Crippen molar-refractivity contribution < 1.29 is 18.8 Å². The van der Waals surface area contributed by atoms with Gasteiger partial charge in [-0.2, -0.15) is 0 Å². The van der Waals surface area contributed by atoms with Gasteiger partial charge in [0, 0.05) is 31.5 Å². The van der Waals surface area contributed by atoms with E-state index < -0.39 is 16.9 Å². The lowest BCUT2D eigenvalue weighted by atomic mass is 10.1. The zero-order chi connectivity index (χ0) is 17.7. The van der Waals surface area contributed by atoms with Crippen LogP contribution in [-0.4, -0.2) is 24.5 Å². The van der Waals surface area contributed by atoms with Crippen LogP contribution in [0.1, 0.15) is 22.0 Å². The molecule has 24 heavy (non-hydrogen) atoms. The molecule has 0 saturated heterocycles. The second-order valence-corrected chi connectivity index (χ2v) is 5.01. The van der Waals surface area contributed by atoms with Crippen LogP contribution in [0.25, 0.3) is 0 Å². The average Bonchev–Trinajstić information content (AvgIpc) is 2.56. The fraction of sp³-hybridized carbons (Fsp3) is 0.188. The number of nitrogens with one attached hydrogen (secondary N) is 1. The Balaban J connectivity index is 2.10. The molecule has 0 aliphatic carbocycles. The lowest BCUT2D eigenvalue weighted by molar-refractivity contribution is -0.384. The number of carbonyl (C=O) groups is 1. The SMILES string of the molecule is CO[C@@H](CNC(=O)c1cc([N+](=O)[O-])ccc1N)c1ccc(F)cc1. The number of anilines is 1. The fourth-order valence-electron chi connectivity index (χ4n) is 2.15. The summed E-state index contributed by atoms with van der Waals surface area (Å²) in [5.74, 6) is -0.928. The fourth-order valence-corrected chi connectivity index (χ4v) is 2.15. The molecule has 0 aliphatic heterocycles. The van der Waals surface area contributed by atoms with Crippen molar-refractivity contribution in [3.05, 3.63) is 69.5 Å². The minimum atomic E-state index is -0.604. The van der Waals surface area contributed by atoms with Crippen molar-refractivity contribution >= 4 is 17.3 Å². The maximum Gasteiger partial charge on any atom is 0.270 e. The minimum Gasteiger partial charge on any atom is -0.398 e. The molecular formula is C16H16FN3O4. The van der Waals surface area contributed by atoms with Crippen LogP contribution in [0.2, 0.25) is 0 Å². The van der Waals surface area contributed by atoms with Crippen LogP contribution in [-0.2, 0) is 4.74 Å². The number of nitrogens with two attached hydrogens (primary N) is 1. The Bertz CT molecular complexity index is 749. The predicted molar refractivity (Wildman–Crippen MR) is 86.0 cm³/mol. The number of ether oxygens (including phenoxy) is 1. The van der Waals surface area contributed by atoms with Crippen LogP contribution in [0, 0.1) is 15.9 Å². The number of hydrogen-bond acceptors (Lipinski definition) is 5. The van der Waals surface area contributed by atoms with Gasteiger partial charge in [-0.1, -0.05) is 12.1 Å². The zero-order valence-corrected chi connectivity index (χ0v) is 12.9. The van der Waals surface area contributed by atoms with Gasteiger partial charge in [0.05, 0.1) is 16.6 Å². The Labute approximate surface area is 137 Å². The molecule has 1 amide bonds. The minimum absolute atomic E-state index is 0.0122. The van der Waals surface area contributed by atoms with E-state index in [9.17, 15) is 19.3 Å². The summed E-state index contributed by atoms with van der Waals surface area (Å²) >= 11 is 0. The molecule has 0 fully saturated rings. The molecule has 2 aromatic carbocycles. The number of rotatable bonds is 6. The van der Waals surface area contributed by atoms with Gasteiger partial charge < -0.3 is 15.8 Å². The van der Waals surface area contributed by atoms with Crippen molar-refractivity contribution in [2.75, 3.05) is 19.4 Å². The molecule has 2 rings (SSSR count). The number of nitro benzene ring substituents is 1. The molecule has 3 N–H and O–H groups in total. The van der Waals surface area contributed by atoms with Gasteiger partial charge in [-0.25, -0.2) is 4.39 Å². The maximum absolute atomic E-state index is 13.0. The summed E-state index contributed by atoms with van der Waals surface area (Å²) in [6.07, 6.45) is -0.491. The molecule has 8 heteroatoms. The molecule has 0 bridgehead atoms. The van der Waals surface area contributed by atoms with E-state index in [0.717, 1.165) is 6.07 Å². The van der Waals surface area contributed by atoms with Gasteiger partial charge in [0.25, 0.3) is 11.6 Å². The maximum atomic E-state index is 13.0. The Hall–Kier alpha value is -3.00. The normalized spacial score (nSPS) is 11.8. The first kappa shape index (κ1) is 17.4. The van der Waals surface area contributed by atoms with E-state index in [-0.39, 0.29) is 29.3 Å². The summed E-state index contributed by atoms with van der Waals surface area (Å²) in [7, 11) is 1.46. The highest BCUT2D eigenvalue weighted by Crippen LogP contribution is 2.20. The Morgan fingerprint density at radius 3 is 2.58 bits per heavy atom. The van der Waals surface area contributed by atoms with Crippen molar-refractivity contribution in [1.82, 2.24) is 5.32 Å². The number of hydrogen-bond donors (Lipinski definition) is 2. The number of carbonyl (C=O) groups excluding carboxylic acids is 1. The van der Waals surface area contributed by atoms with Crippen molar-refractivity contribution in [2.24, 2.45) is 0 Å². The quantitative estimate of drug-likeness (QED) is 0.479. The highest BCUT2D eigenvalue weighted by molar-refractivity contribution is 5.99. The van der Waals surface area contributed by atoms with E-state index in [4.69, 9.17) is 10.5 Å². The second-order valence-electron chi connectivity index (χ2n) is 5.01. The Morgan fingerprint density at radius 1 is 1.33 bits per heavy atom. The summed E-state index contributed by atoms with van der Waals surface area (Å²) in [5, 5.41) is 13.4. The summed E-state index contributed by atoms with van der Waals surface area (Å²) < 4.78 is 18.2. The number of non-ortho nitro benzene ring substituents is 1. The lowest BCUT2D eigenvalue weighted by Crippen LogP contribution is -2.29. The van der Waals surface area contributed by atoms with E-state index in [1.54, 1.807) is 12.1 Å². The molecule has 0 unspecified atom stereocenters. The molecule has 0 spiro atoms. The van der Waals surface area contributed by atoms with Crippen LogP contribution in [0.15, 0.2) is 42.5 Å². The molecule has 0 heterocycles. The highest BCUT2D eigenvalue weighted by Gasteiger charge is 2.17. The van der Waals surface area contributed by atoms with Gasteiger partial charge in [-0.15, -0.1) is 0 Å². The predicted octanol–water partition coefficient (Wildman–Crippen LogP) is 2.43. The number of methoxy groups -OCH3 is 1. The van der Waals surface area contributed by atoms with Crippen molar-refractivity contribution in [3.63, 3.8) is 0 Å². The van der Waals surface area contributed by atoms with Gasteiger partial charge in [0.15, 0.2) is 0 Å². The first-order valence-corrected chi connectivity index (χ1v) is 7.02. The second kappa shape index (κ2) is 7.51. The van der Waals surface area contributed by atoms with E-state index in [2.05, 4.69) is 5.32 Å². The number of nitrogens with zero attached hydrogens (tertiary/aromatic N) is 1. The third-order valence-corrected chi connectivity index (χ3v) is 3.47. The van der Waals surface area contributed by atoms with Crippen molar-refractivity contribution in [1.29, 1.82) is 0 Å². The molecule has 1 atom stereocenters. The van der Waals surface area contributed by atoms with E-state index in [1.165, 1.54) is 31.4 Å². The van der Waals surface area contributed by atoms with Crippen LogP contribution in [0.5, 0.6) is 0 Å². The average molecular weight is 333 g/mol. The molecule has 0 saturated carbocycles. The first-order chi connectivity index (χ1) is 11.4. The summed E-state index contributed by atoms with van der Waals surface area (Å²) in [5.41, 5.74) is 6.31. The van der Waals surface area contributed by atoms with Gasteiger partial charge in [0.2, 0.25) is 0 Å². The monoisotopic (exact) mass is 333 g/mol. The number of amides is 1. The number of nitrogen functional groups attached to an aromatic ring is 1. The zero-order valence-electron chi connectivity index (χ0n) is 12.9. The topological polar surface area (TPSA) is 107 Å². The van der Waals surface area contributed by atoms with Crippen LogP contribution >= 0.6 is 0 Å². The first-order valence-electron chi connectivity index (χ1n) is 7.02. The summed E-state index contributed by atoms with van der Waals surface area (Å²) in [6, 6.07) is 9.34. The molecular weight excluding hydrogens is 317 g/mol. The molecule has 0 aliphatic rings. The molecule has 7 nitrogen and oxygen atoms in total. The number of halogens is 1. The van der Waals surface area contributed by atoms with Gasteiger partial charge >= 0.3 is 0 Å². The summed E-state index contributed by atoms with van der Waals surface area (Å²) in [4.78, 5) is 22.4. The van der Waals surface area contributed by atoms with Crippen molar-refractivity contribution in [3.8, 4) is 0 Å². The van der Waals surface area contributed by atoms with Gasteiger partial charge in [0.1, 0.15) is 5.82 Å². The van der Waals surface area contributed by atoms with Crippen LogP contribution in [0.4, 0.5) is 15.8 Å². The molecule has 0 radical (unpaired) electrons. The summed E-state index contributed by atoms with van der Waals surface area (Å²) in [6.45, 7) is 0.100. The standard InChI is InChI=1S/C16H16FN3O4/c1-24-15(10-2-4-11(17)5-3-10)9-19-16(21)13-8-12(20(22)23)6-7-14(13)18/h2-8,15H,9,18H2,1H3,(H,19,21)/t15-/m0/s1. The largest absolute Gasteiger partial charge is 0.398 e. The molecule has 126 valence electrons. The lowest BCUT2D eigenvalue weighted by Gasteiger charge is -2.17. The van der Waals surface area contributed by atoms with Gasteiger partial charge in [-0.3, -0.25) is 14.9 Å². The third kappa shape index (κ3) is 4.05. The third-order valence-electron chi connectivity index (χ3n) is 3.47. The molecule has 0 aromatic heterocycles. The van der Waals surface area contributed by atoms with Crippen LogP contribution < -0.4 is 11.1 Å². The highest BCUT2D eigenvalue weighted by atomic mass is 19.1. The van der Waals surface area contributed by atoms with Crippen molar-refractivity contribution in [2.45, 2.75) is 6.10 Å². The Kier molecular flexibility index (Phi) is 5.43. The van der Waals surface area contributed by atoms with Crippen LogP contribution in [0.3, 0.4) is 0 Å².